The van der Waals surface area contributed by atoms with Gasteiger partial charge in [0.15, 0.2) is 0 Å². The average molecular weight is 259 g/mol. The summed E-state index contributed by atoms with van der Waals surface area (Å²) in [6.45, 7) is 0.347. The summed E-state index contributed by atoms with van der Waals surface area (Å²) in [6.07, 6.45) is 0. The third-order valence-corrected chi connectivity index (χ3v) is 2.66. The van der Waals surface area contributed by atoms with Crippen LogP contribution in [-0.4, -0.2) is 0 Å². The highest BCUT2D eigenvalue weighted by Gasteiger charge is 2.02. The molecule has 0 aliphatic carbocycles. The lowest BCUT2D eigenvalue weighted by Crippen LogP contribution is -1.99. The molecule has 0 heterocycles. The van der Waals surface area contributed by atoms with Crippen molar-refractivity contribution in [3.63, 3.8) is 0 Å². The zero-order chi connectivity index (χ0) is 13.0. The van der Waals surface area contributed by atoms with E-state index in [2.05, 4.69) is 6.07 Å². The van der Waals surface area contributed by atoms with Gasteiger partial charge < -0.3 is 10.5 Å². The largest absolute Gasteiger partial charge is 0.487 e. The third kappa shape index (κ3) is 2.93. The number of halogens is 1. The van der Waals surface area contributed by atoms with Crippen LogP contribution in [-0.2, 0) is 6.61 Å². The Morgan fingerprint density at radius 1 is 1.22 bits per heavy atom. The van der Waals surface area contributed by atoms with E-state index >= 15 is 0 Å². The van der Waals surface area contributed by atoms with Crippen molar-refractivity contribution in [3.05, 3.63) is 58.6 Å². The molecule has 0 aliphatic heterocycles. The number of nitrogen functional groups attached to an aromatic ring is 1. The fourth-order valence-electron chi connectivity index (χ4n) is 1.52. The molecule has 0 saturated heterocycles. The first-order valence-electron chi connectivity index (χ1n) is 5.36. The molecule has 0 spiro atoms. The Morgan fingerprint density at radius 2 is 2.06 bits per heavy atom. The Labute approximate surface area is 110 Å². The normalized spacial score (nSPS) is 9.78. The second-order valence-corrected chi connectivity index (χ2v) is 4.22. The molecule has 4 heteroatoms. The molecule has 2 aromatic carbocycles. The number of nitrogens with zero attached hydrogens (tertiary/aromatic N) is 1. The number of rotatable bonds is 3. The molecule has 2 rings (SSSR count). The van der Waals surface area contributed by atoms with Crippen LogP contribution >= 0.6 is 11.6 Å². The van der Waals surface area contributed by atoms with Gasteiger partial charge in [0.25, 0.3) is 0 Å². The Bertz CT molecular complexity index is 605. The van der Waals surface area contributed by atoms with Crippen LogP contribution in [0.4, 0.5) is 5.69 Å². The monoisotopic (exact) mass is 258 g/mol. The van der Waals surface area contributed by atoms with Gasteiger partial charge in [0.1, 0.15) is 12.4 Å². The van der Waals surface area contributed by atoms with Crippen molar-refractivity contribution in [2.45, 2.75) is 6.61 Å². The number of hydrogen-bond donors (Lipinski definition) is 1. The summed E-state index contributed by atoms with van der Waals surface area (Å²) in [5.74, 6) is 0.546. The average Bonchev–Trinajstić information content (AvgIpc) is 2.40. The van der Waals surface area contributed by atoms with Crippen molar-refractivity contribution in [2.24, 2.45) is 0 Å². The van der Waals surface area contributed by atoms with Gasteiger partial charge >= 0.3 is 0 Å². The van der Waals surface area contributed by atoms with Gasteiger partial charge in [0.05, 0.1) is 17.3 Å². The quantitative estimate of drug-likeness (QED) is 0.859. The SMILES string of the molecule is N#Cc1cccc(COc2cc(Cl)ccc2N)c1. The van der Waals surface area contributed by atoms with Crippen molar-refractivity contribution in [2.75, 3.05) is 5.73 Å². The molecule has 0 amide bonds. The highest BCUT2D eigenvalue weighted by Crippen LogP contribution is 2.26. The number of anilines is 1. The van der Waals surface area contributed by atoms with E-state index in [4.69, 9.17) is 27.3 Å². The van der Waals surface area contributed by atoms with Crippen LogP contribution < -0.4 is 10.5 Å². The molecule has 3 nitrogen and oxygen atoms in total. The van der Waals surface area contributed by atoms with E-state index in [1.165, 1.54) is 0 Å². The zero-order valence-corrected chi connectivity index (χ0v) is 10.3. The van der Waals surface area contributed by atoms with Crippen LogP contribution in [0.15, 0.2) is 42.5 Å². The van der Waals surface area contributed by atoms with Gasteiger partial charge in [-0.15, -0.1) is 0 Å². The van der Waals surface area contributed by atoms with Gasteiger partial charge in [-0.2, -0.15) is 5.26 Å². The number of benzene rings is 2. The van der Waals surface area contributed by atoms with Gasteiger partial charge in [0.2, 0.25) is 0 Å². The molecule has 0 unspecified atom stereocenters. The van der Waals surface area contributed by atoms with Crippen LogP contribution in [0.1, 0.15) is 11.1 Å². The first-order chi connectivity index (χ1) is 8.69. The molecule has 0 atom stereocenters. The number of ether oxygens (including phenoxy) is 1. The van der Waals surface area contributed by atoms with Crippen molar-refractivity contribution in [3.8, 4) is 11.8 Å². The van der Waals surface area contributed by atoms with E-state index in [1.54, 1.807) is 30.3 Å². The maximum atomic E-state index is 8.80. The van der Waals surface area contributed by atoms with E-state index in [0.717, 1.165) is 5.56 Å². The van der Waals surface area contributed by atoms with Gasteiger partial charge in [-0.05, 0) is 29.8 Å². The van der Waals surface area contributed by atoms with Crippen molar-refractivity contribution >= 4 is 17.3 Å². The second kappa shape index (κ2) is 5.44. The molecule has 2 N–H and O–H groups in total. The third-order valence-electron chi connectivity index (χ3n) is 2.43. The Hall–Kier alpha value is -2.18. The Kier molecular flexibility index (Phi) is 3.71. The Morgan fingerprint density at radius 3 is 2.83 bits per heavy atom. The summed E-state index contributed by atoms with van der Waals surface area (Å²) in [6, 6.07) is 14.4. The molecule has 90 valence electrons. The number of hydrogen-bond acceptors (Lipinski definition) is 3. The van der Waals surface area contributed by atoms with Gasteiger partial charge in [-0.25, -0.2) is 0 Å². The molecule has 0 saturated carbocycles. The summed E-state index contributed by atoms with van der Waals surface area (Å²) >= 11 is 5.87. The maximum Gasteiger partial charge on any atom is 0.144 e. The van der Waals surface area contributed by atoms with Crippen LogP contribution in [0.25, 0.3) is 0 Å². The minimum absolute atomic E-state index is 0.347. The van der Waals surface area contributed by atoms with Crippen LogP contribution in [0.5, 0.6) is 5.75 Å². The fourth-order valence-corrected chi connectivity index (χ4v) is 1.69. The molecular weight excluding hydrogens is 248 g/mol. The van der Waals surface area contributed by atoms with E-state index in [9.17, 15) is 0 Å². The van der Waals surface area contributed by atoms with Crippen molar-refractivity contribution < 1.29 is 4.74 Å². The summed E-state index contributed by atoms with van der Waals surface area (Å²) in [4.78, 5) is 0. The lowest BCUT2D eigenvalue weighted by molar-refractivity contribution is 0.308. The van der Waals surface area contributed by atoms with Gasteiger partial charge in [-0.3, -0.25) is 0 Å². The first-order valence-corrected chi connectivity index (χ1v) is 5.73. The van der Waals surface area contributed by atoms with Gasteiger partial charge in [-0.1, -0.05) is 23.7 Å². The van der Waals surface area contributed by atoms with E-state index in [0.29, 0.717) is 28.6 Å². The predicted molar refractivity (Wildman–Crippen MR) is 71.4 cm³/mol. The van der Waals surface area contributed by atoms with E-state index in [1.807, 2.05) is 12.1 Å². The lowest BCUT2D eigenvalue weighted by atomic mass is 10.1. The highest BCUT2D eigenvalue weighted by atomic mass is 35.5. The molecule has 0 aliphatic rings. The minimum Gasteiger partial charge on any atom is -0.487 e. The second-order valence-electron chi connectivity index (χ2n) is 3.78. The van der Waals surface area contributed by atoms with Gasteiger partial charge in [0, 0.05) is 11.1 Å². The lowest BCUT2D eigenvalue weighted by Gasteiger charge is -2.09. The molecule has 0 fully saturated rings. The predicted octanol–water partition coefficient (Wildman–Crippen LogP) is 3.37. The summed E-state index contributed by atoms with van der Waals surface area (Å²) < 4.78 is 5.58. The molecule has 0 bridgehead atoms. The Balaban J connectivity index is 2.11. The fraction of sp³-hybridized carbons (Fsp3) is 0.0714. The topological polar surface area (TPSA) is 59.0 Å². The standard InChI is InChI=1S/C14H11ClN2O/c15-12-4-5-13(17)14(7-12)18-9-11-3-1-2-10(6-11)8-16/h1-7H,9,17H2. The van der Waals surface area contributed by atoms with E-state index < -0.39 is 0 Å². The van der Waals surface area contributed by atoms with Crippen LogP contribution in [0.3, 0.4) is 0 Å². The summed E-state index contributed by atoms with van der Waals surface area (Å²) in [5.41, 5.74) is 7.83. The smallest absolute Gasteiger partial charge is 0.144 e. The first kappa shape index (κ1) is 12.3. The number of nitrogens with two attached hydrogens (primary N) is 1. The molecule has 0 radical (unpaired) electrons. The molecular formula is C14H11ClN2O. The van der Waals surface area contributed by atoms with Crippen LogP contribution in [0, 0.1) is 11.3 Å². The molecule has 2 aromatic rings. The summed E-state index contributed by atoms with van der Waals surface area (Å²) in [7, 11) is 0. The molecule has 18 heavy (non-hydrogen) atoms. The van der Waals surface area contributed by atoms with Crippen LogP contribution in [0.2, 0.25) is 5.02 Å². The highest BCUT2D eigenvalue weighted by molar-refractivity contribution is 6.30. The van der Waals surface area contributed by atoms with E-state index in [-0.39, 0.29) is 0 Å². The maximum absolute atomic E-state index is 8.80. The molecule has 0 aromatic heterocycles. The number of nitriles is 1. The summed E-state index contributed by atoms with van der Waals surface area (Å²) in [5, 5.41) is 9.37. The minimum atomic E-state index is 0.347. The van der Waals surface area contributed by atoms with Crippen molar-refractivity contribution in [1.29, 1.82) is 5.26 Å². The van der Waals surface area contributed by atoms with Crippen molar-refractivity contribution in [1.82, 2.24) is 0 Å². The zero-order valence-electron chi connectivity index (χ0n) is 9.56.